The number of aryl methyl sites for hydroxylation is 1. The van der Waals surface area contributed by atoms with Crippen LogP contribution in [0.15, 0.2) is 30.5 Å². The number of pyridine rings is 1. The van der Waals surface area contributed by atoms with Gasteiger partial charge in [-0.3, -0.25) is 9.78 Å². The number of hydrogen-bond acceptors (Lipinski definition) is 4. The lowest BCUT2D eigenvalue weighted by Gasteiger charge is -2.16. The summed E-state index contributed by atoms with van der Waals surface area (Å²) in [5, 5.41) is 0.507. The van der Waals surface area contributed by atoms with Gasteiger partial charge in [-0.05, 0) is 43.2 Å². The Morgan fingerprint density at radius 2 is 2.09 bits per heavy atom. The van der Waals surface area contributed by atoms with E-state index in [1.165, 1.54) is 6.26 Å². The monoisotopic (exact) mass is 318 g/mol. The highest BCUT2D eigenvalue weighted by atomic mass is 32.2. The minimum atomic E-state index is -3.10. The van der Waals surface area contributed by atoms with E-state index in [1.807, 2.05) is 25.1 Å². The molecule has 1 aliphatic rings. The van der Waals surface area contributed by atoms with E-state index in [-0.39, 0.29) is 12.5 Å². The number of amides is 1. The molecule has 6 heteroatoms. The van der Waals surface area contributed by atoms with Crippen molar-refractivity contribution in [2.45, 2.75) is 18.6 Å². The van der Waals surface area contributed by atoms with Crippen molar-refractivity contribution in [3.05, 3.63) is 41.6 Å². The van der Waals surface area contributed by atoms with Gasteiger partial charge in [-0.1, -0.05) is 0 Å². The number of sulfone groups is 1. The summed E-state index contributed by atoms with van der Waals surface area (Å²) in [6.07, 6.45) is 3.49. The first-order valence-corrected chi connectivity index (χ1v) is 9.15. The zero-order valence-corrected chi connectivity index (χ0v) is 13.4. The molecule has 0 aliphatic carbocycles. The maximum absolute atomic E-state index is 12.6. The van der Waals surface area contributed by atoms with Gasteiger partial charge in [0.1, 0.15) is 0 Å². The van der Waals surface area contributed by atoms with Crippen LogP contribution in [0, 0.1) is 6.92 Å². The second kappa shape index (κ2) is 5.35. The summed E-state index contributed by atoms with van der Waals surface area (Å²) in [7, 11) is -3.10. The molecule has 1 aliphatic heterocycles. The van der Waals surface area contributed by atoms with Gasteiger partial charge >= 0.3 is 0 Å². The van der Waals surface area contributed by atoms with Crippen LogP contribution in [-0.2, 0) is 9.84 Å². The molecule has 2 heterocycles. The highest BCUT2D eigenvalue weighted by molar-refractivity contribution is 7.91. The molecule has 1 aromatic heterocycles. The fourth-order valence-electron chi connectivity index (χ4n) is 2.86. The van der Waals surface area contributed by atoms with Crippen LogP contribution in [0.4, 0.5) is 0 Å². The number of aromatic nitrogens is 1. The van der Waals surface area contributed by atoms with Crippen molar-refractivity contribution in [3.8, 4) is 0 Å². The highest BCUT2D eigenvalue weighted by Crippen LogP contribution is 2.22. The van der Waals surface area contributed by atoms with Gasteiger partial charge in [-0.2, -0.15) is 0 Å². The topological polar surface area (TPSA) is 67.3 Å². The van der Waals surface area contributed by atoms with Gasteiger partial charge in [0.15, 0.2) is 9.84 Å². The van der Waals surface area contributed by atoms with Crippen LogP contribution < -0.4 is 0 Å². The summed E-state index contributed by atoms with van der Waals surface area (Å²) < 4.78 is 23.2. The summed E-state index contributed by atoms with van der Waals surface area (Å²) >= 11 is 0. The molecule has 0 saturated carbocycles. The lowest BCUT2D eigenvalue weighted by atomic mass is 10.1. The van der Waals surface area contributed by atoms with Crippen molar-refractivity contribution in [2.75, 3.05) is 19.3 Å². The molecule has 0 spiro atoms. The lowest BCUT2D eigenvalue weighted by Crippen LogP contribution is -2.31. The normalized spacial score (nSPS) is 18.8. The largest absolute Gasteiger partial charge is 0.337 e. The first kappa shape index (κ1) is 15.0. The van der Waals surface area contributed by atoms with Gasteiger partial charge in [0.25, 0.3) is 5.91 Å². The van der Waals surface area contributed by atoms with Crippen LogP contribution in [0.5, 0.6) is 0 Å². The summed E-state index contributed by atoms with van der Waals surface area (Å²) in [6.45, 7) is 2.75. The van der Waals surface area contributed by atoms with Crippen molar-refractivity contribution < 1.29 is 13.2 Å². The van der Waals surface area contributed by atoms with Gasteiger partial charge in [0.05, 0.1) is 10.8 Å². The maximum Gasteiger partial charge on any atom is 0.253 e. The van der Waals surface area contributed by atoms with Crippen molar-refractivity contribution in [2.24, 2.45) is 0 Å². The Balaban J connectivity index is 1.89. The Kier molecular flexibility index (Phi) is 3.64. The van der Waals surface area contributed by atoms with Crippen LogP contribution in [0.3, 0.4) is 0 Å². The molecule has 116 valence electrons. The first-order chi connectivity index (χ1) is 10.4. The first-order valence-electron chi connectivity index (χ1n) is 7.20. The molecule has 0 radical (unpaired) electrons. The predicted molar refractivity (Wildman–Crippen MR) is 85.6 cm³/mol. The third-order valence-corrected chi connectivity index (χ3v) is 5.84. The maximum atomic E-state index is 12.6. The highest BCUT2D eigenvalue weighted by Gasteiger charge is 2.32. The molecule has 0 N–H and O–H groups in total. The molecular formula is C16H18N2O3S. The molecule has 2 aromatic rings. The molecule has 5 nitrogen and oxygen atoms in total. The summed E-state index contributed by atoms with van der Waals surface area (Å²) in [5.74, 6) is -0.115. The van der Waals surface area contributed by atoms with E-state index in [0.29, 0.717) is 18.5 Å². The van der Waals surface area contributed by atoms with E-state index in [1.54, 1.807) is 17.2 Å². The molecule has 3 rings (SSSR count). The van der Waals surface area contributed by atoms with E-state index in [2.05, 4.69) is 4.98 Å². The molecule has 1 unspecified atom stereocenters. The van der Waals surface area contributed by atoms with Gasteiger partial charge in [-0.15, -0.1) is 0 Å². The third-order valence-electron chi connectivity index (χ3n) is 4.24. The average Bonchev–Trinajstić information content (AvgIpc) is 2.96. The molecule has 1 amide bonds. The quantitative estimate of drug-likeness (QED) is 0.847. The Morgan fingerprint density at radius 3 is 2.77 bits per heavy atom. The van der Waals surface area contributed by atoms with Crippen molar-refractivity contribution in [3.63, 3.8) is 0 Å². The summed E-state index contributed by atoms with van der Waals surface area (Å²) in [6, 6.07) is 7.34. The standard InChI is InChI=1S/C16H18N2O3S/c1-11-5-7-17-15-4-3-12(9-14(11)15)16(19)18-8-6-13(10-18)22(2,20)21/h3-5,7,9,13H,6,8,10H2,1-2H3. The fourth-order valence-corrected chi connectivity index (χ4v) is 3.85. The van der Waals surface area contributed by atoms with Crippen molar-refractivity contribution in [1.29, 1.82) is 0 Å². The number of likely N-dealkylation sites (tertiary alicyclic amines) is 1. The SMILES string of the molecule is Cc1ccnc2ccc(C(=O)N3CCC(S(C)(=O)=O)C3)cc12. The van der Waals surface area contributed by atoms with E-state index in [9.17, 15) is 13.2 Å². The third kappa shape index (κ3) is 2.70. The van der Waals surface area contributed by atoms with E-state index in [0.717, 1.165) is 16.5 Å². The van der Waals surface area contributed by atoms with Crippen LogP contribution in [0.1, 0.15) is 22.3 Å². The number of rotatable bonds is 2. The van der Waals surface area contributed by atoms with Crippen LogP contribution in [0.25, 0.3) is 10.9 Å². The van der Waals surface area contributed by atoms with Crippen molar-refractivity contribution >= 4 is 26.6 Å². The Hall–Kier alpha value is -1.95. The molecule has 0 bridgehead atoms. The van der Waals surface area contributed by atoms with Crippen LogP contribution >= 0.6 is 0 Å². The summed E-state index contributed by atoms with van der Waals surface area (Å²) in [5.41, 5.74) is 2.50. The van der Waals surface area contributed by atoms with Gasteiger partial charge < -0.3 is 4.90 Å². The fraction of sp³-hybridized carbons (Fsp3) is 0.375. The second-order valence-electron chi connectivity index (χ2n) is 5.85. The number of carbonyl (C=O) groups excluding carboxylic acids is 1. The molecule has 22 heavy (non-hydrogen) atoms. The molecule has 1 fully saturated rings. The number of benzene rings is 1. The number of nitrogens with zero attached hydrogens (tertiary/aromatic N) is 2. The van der Waals surface area contributed by atoms with Crippen molar-refractivity contribution in [1.82, 2.24) is 9.88 Å². The molecular weight excluding hydrogens is 300 g/mol. The van der Waals surface area contributed by atoms with E-state index in [4.69, 9.17) is 0 Å². The van der Waals surface area contributed by atoms with E-state index < -0.39 is 15.1 Å². The average molecular weight is 318 g/mol. The molecule has 1 atom stereocenters. The Morgan fingerprint density at radius 1 is 1.32 bits per heavy atom. The summed E-state index contributed by atoms with van der Waals surface area (Å²) in [4.78, 5) is 18.5. The smallest absolute Gasteiger partial charge is 0.253 e. The second-order valence-corrected chi connectivity index (χ2v) is 8.18. The Labute approximate surface area is 129 Å². The van der Waals surface area contributed by atoms with Gasteiger partial charge in [-0.25, -0.2) is 8.42 Å². The molecule has 1 aromatic carbocycles. The van der Waals surface area contributed by atoms with Crippen LogP contribution in [0.2, 0.25) is 0 Å². The molecule has 1 saturated heterocycles. The number of fused-ring (bicyclic) bond motifs is 1. The van der Waals surface area contributed by atoms with Gasteiger partial charge in [0, 0.05) is 36.5 Å². The zero-order chi connectivity index (χ0) is 15.9. The minimum Gasteiger partial charge on any atom is -0.337 e. The van der Waals surface area contributed by atoms with Gasteiger partial charge in [0.2, 0.25) is 0 Å². The predicted octanol–water partition coefficient (Wildman–Crippen LogP) is 1.80. The minimum absolute atomic E-state index is 0.115. The van der Waals surface area contributed by atoms with Crippen LogP contribution in [-0.4, -0.2) is 48.8 Å². The number of carbonyl (C=O) groups is 1. The zero-order valence-electron chi connectivity index (χ0n) is 12.6. The van der Waals surface area contributed by atoms with E-state index >= 15 is 0 Å². The lowest BCUT2D eigenvalue weighted by molar-refractivity contribution is 0.0793. The number of hydrogen-bond donors (Lipinski definition) is 0. The Bertz CT molecular complexity index is 846.